The normalized spacial score (nSPS) is 16.1. The SMILES string of the molecule is CN[C@H](C(=O)N(C)[C@@H](CC(=O)OC(c1ccccc1)(c1ccc(C)cc1)c1ccccc1Cl)C(=O)N1CCCCC1)C(C)C. The van der Waals surface area contributed by atoms with E-state index in [-0.39, 0.29) is 24.2 Å². The van der Waals surface area contributed by atoms with Gasteiger partial charge in [0.05, 0.1) is 12.5 Å². The van der Waals surface area contributed by atoms with Crippen LogP contribution in [0.25, 0.3) is 0 Å². The third kappa shape index (κ3) is 7.16. The van der Waals surface area contributed by atoms with Crippen molar-refractivity contribution in [1.29, 1.82) is 0 Å². The van der Waals surface area contributed by atoms with Crippen LogP contribution in [0.4, 0.5) is 0 Å². The predicted molar refractivity (Wildman–Crippen MR) is 174 cm³/mol. The molecule has 1 aliphatic rings. The highest BCUT2D eigenvalue weighted by Gasteiger charge is 2.44. The van der Waals surface area contributed by atoms with Crippen molar-refractivity contribution in [1.82, 2.24) is 15.1 Å². The lowest BCUT2D eigenvalue weighted by atomic mass is 9.79. The lowest BCUT2D eigenvalue weighted by Crippen LogP contribution is -2.56. The summed E-state index contributed by atoms with van der Waals surface area (Å²) in [4.78, 5) is 45.1. The number of esters is 1. The summed E-state index contributed by atoms with van der Waals surface area (Å²) in [6.45, 7) is 7.09. The molecule has 7 nitrogen and oxygen atoms in total. The molecular weight excluding hydrogens is 574 g/mol. The second-order valence-electron chi connectivity index (χ2n) is 11.9. The molecular formula is C36H44ClN3O4. The standard InChI is InChI=1S/C36H44ClN3O4/c1-25(2)33(38-4)35(43)39(5)31(34(42)40-22-12-7-13-23-40)24-32(41)44-36(27-14-8-6-9-15-27,28-20-18-26(3)19-21-28)29-16-10-11-17-30(29)37/h6,8-11,14-21,25,31,33,38H,7,12-13,22-24H2,1-5H3/t31-,33-,36?/m0/s1. The van der Waals surface area contributed by atoms with Gasteiger partial charge < -0.3 is 19.9 Å². The van der Waals surface area contributed by atoms with Crippen molar-refractivity contribution in [3.8, 4) is 0 Å². The zero-order chi connectivity index (χ0) is 31.9. The quantitative estimate of drug-likeness (QED) is 0.212. The minimum Gasteiger partial charge on any atom is -0.444 e. The molecule has 1 fully saturated rings. The van der Waals surface area contributed by atoms with Crippen molar-refractivity contribution < 1.29 is 19.1 Å². The highest BCUT2D eigenvalue weighted by atomic mass is 35.5. The van der Waals surface area contributed by atoms with Gasteiger partial charge in [0.15, 0.2) is 5.60 Å². The first-order valence-corrected chi connectivity index (χ1v) is 15.8. The number of aryl methyl sites for hydroxylation is 1. The summed E-state index contributed by atoms with van der Waals surface area (Å²) in [5.41, 5.74) is 1.68. The summed E-state index contributed by atoms with van der Waals surface area (Å²) in [6.07, 6.45) is 2.52. The van der Waals surface area contributed by atoms with Crippen molar-refractivity contribution in [2.75, 3.05) is 27.2 Å². The highest BCUT2D eigenvalue weighted by Crippen LogP contribution is 2.44. The molecule has 44 heavy (non-hydrogen) atoms. The number of amides is 2. The summed E-state index contributed by atoms with van der Waals surface area (Å²) in [7, 11) is 3.33. The fraction of sp³-hybridized carbons (Fsp3) is 0.417. The summed E-state index contributed by atoms with van der Waals surface area (Å²) < 4.78 is 6.60. The number of nitrogens with one attached hydrogen (secondary N) is 1. The van der Waals surface area contributed by atoms with Crippen LogP contribution in [0.3, 0.4) is 0 Å². The van der Waals surface area contributed by atoms with E-state index >= 15 is 0 Å². The Hall–Kier alpha value is -3.68. The van der Waals surface area contributed by atoms with Crippen LogP contribution < -0.4 is 5.32 Å². The number of carbonyl (C=O) groups is 3. The first-order chi connectivity index (χ1) is 21.1. The number of benzene rings is 3. The van der Waals surface area contributed by atoms with Gasteiger partial charge in [-0.3, -0.25) is 14.4 Å². The number of carbonyl (C=O) groups excluding carboxylic acids is 3. The minimum atomic E-state index is -1.41. The summed E-state index contributed by atoms with van der Waals surface area (Å²) in [5.74, 6) is -1.12. The molecule has 8 heteroatoms. The van der Waals surface area contributed by atoms with E-state index in [9.17, 15) is 14.4 Å². The van der Waals surface area contributed by atoms with Gasteiger partial charge in [0, 0.05) is 41.9 Å². The van der Waals surface area contributed by atoms with E-state index in [1.165, 1.54) is 4.90 Å². The van der Waals surface area contributed by atoms with E-state index in [2.05, 4.69) is 5.32 Å². The molecule has 0 spiro atoms. The van der Waals surface area contributed by atoms with Crippen LogP contribution in [0, 0.1) is 12.8 Å². The van der Waals surface area contributed by atoms with Gasteiger partial charge in [-0.15, -0.1) is 0 Å². The van der Waals surface area contributed by atoms with Gasteiger partial charge in [-0.2, -0.15) is 0 Å². The van der Waals surface area contributed by atoms with E-state index in [4.69, 9.17) is 16.3 Å². The van der Waals surface area contributed by atoms with E-state index in [0.29, 0.717) is 34.8 Å². The molecule has 3 aromatic carbocycles. The smallest absolute Gasteiger partial charge is 0.310 e. The lowest BCUT2D eigenvalue weighted by molar-refractivity contribution is -0.159. The Bertz CT molecular complexity index is 1420. The Morgan fingerprint density at radius 2 is 1.50 bits per heavy atom. The molecule has 0 bridgehead atoms. The van der Waals surface area contributed by atoms with Gasteiger partial charge in [0.25, 0.3) is 0 Å². The fourth-order valence-electron chi connectivity index (χ4n) is 6.06. The van der Waals surface area contributed by atoms with Crippen LogP contribution in [-0.4, -0.2) is 66.9 Å². The maximum Gasteiger partial charge on any atom is 0.310 e. The van der Waals surface area contributed by atoms with Gasteiger partial charge in [0.2, 0.25) is 11.8 Å². The third-order valence-corrected chi connectivity index (χ3v) is 8.86. The largest absolute Gasteiger partial charge is 0.444 e. The molecule has 0 aliphatic carbocycles. The zero-order valence-corrected chi connectivity index (χ0v) is 27.1. The van der Waals surface area contributed by atoms with E-state index < -0.39 is 23.7 Å². The van der Waals surface area contributed by atoms with Crippen LogP contribution in [-0.2, 0) is 24.7 Å². The second kappa shape index (κ2) is 14.9. The number of hydrogen-bond donors (Lipinski definition) is 1. The monoisotopic (exact) mass is 617 g/mol. The van der Waals surface area contributed by atoms with E-state index in [1.807, 2.05) is 93.6 Å². The van der Waals surface area contributed by atoms with Crippen molar-refractivity contribution >= 4 is 29.4 Å². The molecule has 234 valence electrons. The van der Waals surface area contributed by atoms with Gasteiger partial charge in [0.1, 0.15) is 6.04 Å². The molecule has 1 N–H and O–H groups in total. The molecule has 1 unspecified atom stereocenters. The summed E-state index contributed by atoms with van der Waals surface area (Å²) in [5, 5.41) is 3.51. The van der Waals surface area contributed by atoms with E-state index in [0.717, 1.165) is 24.8 Å². The molecule has 0 saturated carbocycles. The average molecular weight is 618 g/mol. The van der Waals surface area contributed by atoms with Crippen molar-refractivity contribution in [3.05, 3.63) is 106 Å². The number of piperidine rings is 1. The first kappa shape index (κ1) is 33.2. The number of halogens is 1. The maximum absolute atomic E-state index is 14.3. The Balaban J connectivity index is 1.80. The molecule has 0 radical (unpaired) electrons. The van der Waals surface area contributed by atoms with E-state index in [1.54, 1.807) is 25.1 Å². The zero-order valence-electron chi connectivity index (χ0n) is 26.4. The summed E-state index contributed by atoms with van der Waals surface area (Å²) in [6, 6.07) is 23.1. The Morgan fingerprint density at radius 3 is 2.09 bits per heavy atom. The van der Waals surface area contributed by atoms with Crippen LogP contribution in [0.5, 0.6) is 0 Å². The molecule has 0 aromatic heterocycles. The number of nitrogens with zero attached hydrogens (tertiary/aromatic N) is 2. The lowest BCUT2D eigenvalue weighted by Gasteiger charge is -2.38. The van der Waals surface area contributed by atoms with Gasteiger partial charge in [-0.05, 0) is 45.2 Å². The molecule has 1 aliphatic heterocycles. The second-order valence-corrected chi connectivity index (χ2v) is 12.3. The molecule has 1 heterocycles. The van der Waals surface area contributed by atoms with Crippen LogP contribution in [0.1, 0.15) is 61.8 Å². The predicted octanol–water partition coefficient (Wildman–Crippen LogP) is 5.96. The number of likely N-dealkylation sites (tertiary alicyclic amines) is 1. The Morgan fingerprint density at radius 1 is 0.909 bits per heavy atom. The topological polar surface area (TPSA) is 79.0 Å². The number of rotatable bonds is 11. The molecule has 4 rings (SSSR count). The molecule has 1 saturated heterocycles. The number of ether oxygens (including phenoxy) is 1. The highest BCUT2D eigenvalue weighted by molar-refractivity contribution is 6.31. The minimum absolute atomic E-state index is 0.0138. The van der Waals surface area contributed by atoms with Crippen LogP contribution in [0.15, 0.2) is 78.9 Å². The third-order valence-electron chi connectivity index (χ3n) is 8.53. The van der Waals surface area contributed by atoms with Crippen LogP contribution >= 0.6 is 11.6 Å². The van der Waals surface area contributed by atoms with Crippen molar-refractivity contribution in [2.45, 2.75) is 64.1 Å². The van der Waals surface area contributed by atoms with Crippen molar-refractivity contribution in [3.63, 3.8) is 0 Å². The first-order valence-electron chi connectivity index (χ1n) is 15.4. The van der Waals surface area contributed by atoms with Crippen LogP contribution in [0.2, 0.25) is 5.02 Å². The molecule has 3 atom stereocenters. The summed E-state index contributed by atoms with van der Waals surface area (Å²) >= 11 is 6.84. The average Bonchev–Trinajstić information content (AvgIpc) is 3.03. The number of hydrogen-bond acceptors (Lipinski definition) is 5. The maximum atomic E-state index is 14.3. The van der Waals surface area contributed by atoms with Gasteiger partial charge in [-0.1, -0.05) is 104 Å². The van der Waals surface area contributed by atoms with Gasteiger partial charge >= 0.3 is 5.97 Å². The Kier molecular flexibility index (Phi) is 11.2. The Labute approximate surface area is 266 Å². The number of likely N-dealkylation sites (N-methyl/N-ethyl adjacent to an activating group) is 2. The molecule has 3 aromatic rings. The van der Waals surface area contributed by atoms with Gasteiger partial charge in [-0.25, -0.2) is 0 Å². The molecule has 2 amide bonds. The fourth-order valence-corrected chi connectivity index (χ4v) is 6.33. The van der Waals surface area contributed by atoms with Crippen molar-refractivity contribution in [2.24, 2.45) is 5.92 Å².